The molecule has 0 bridgehead atoms. The molecule has 5 heteroatoms. The van der Waals surface area contributed by atoms with Crippen LogP contribution >= 0.6 is 0 Å². The zero-order valence-corrected chi connectivity index (χ0v) is 10.8. The first kappa shape index (κ1) is 12.3. The highest BCUT2D eigenvalue weighted by atomic mass is 32.2. The quantitative estimate of drug-likeness (QED) is 0.806. The van der Waals surface area contributed by atoms with Crippen LogP contribution in [0.4, 0.5) is 0 Å². The Bertz CT molecular complexity index is 317. The third-order valence-corrected chi connectivity index (χ3v) is 6.26. The Morgan fingerprint density at radius 1 is 1.12 bits per heavy atom. The molecule has 1 saturated heterocycles. The van der Waals surface area contributed by atoms with E-state index in [1.54, 1.807) is 11.4 Å². The highest BCUT2D eigenvalue weighted by Crippen LogP contribution is 2.27. The molecule has 1 atom stereocenters. The maximum absolute atomic E-state index is 12.4. The van der Waals surface area contributed by atoms with Crippen LogP contribution in [0.2, 0.25) is 0 Å². The van der Waals surface area contributed by atoms with E-state index in [4.69, 9.17) is 0 Å². The maximum Gasteiger partial charge on any atom is 0.218 e. The van der Waals surface area contributed by atoms with Gasteiger partial charge in [0.15, 0.2) is 0 Å². The second-order valence-corrected chi connectivity index (χ2v) is 7.24. The Balaban J connectivity index is 2.04. The maximum atomic E-state index is 12.4. The molecule has 2 rings (SSSR count). The van der Waals surface area contributed by atoms with Crippen LogP contribution in [0.5, 0.6) is 0 Å². The molecule has 1 saturated carbocycles. The second kappa shape index (κ2) is 5.02. The Morgan fingerprint density at radius 2 is 1.81 bits per heavy atom. The normalized spacial score (nSPS) is 28.8. The molecule has 16 heavy (non-hydrogen) atoms. The van der Waals surface area contributed by atoms with Crippen molar-refractivity contribution in [1.82, 2.24) is 9.62 Å². The number of rotatable bonds is 3. The summed E-state index contributed by atoms with van der Waals surface area (Å²) in [6, 6.07) is 0.256. The zero-order chi connectivity index (χ0) is 11.6. The molecule has 0 aromatic carbocycles. The van der Waals surface area contributed by atoms with Crippen molar-refractivity contribution < 1.29 is 8.42 Å². The van der Waals surface area contributed by atoms with Crippen LogP contribution in [0.15, 0.2) is 0 Å². The molecular weight excluding hydrogens is 224 g/mol. The largest absolute Gasteiger partial charge is 0.315 e. The number of nitrogens with zero attached hydrogens (tertiary/aromatic N) is 1. The van der Waals surface area contributed by atoms with Crippen LogP contribution in [0.3, 0.4) is 0 Å². The van der Waals surface area contributed by atoms with Crippen molar-refractivity contribution in [3.05, 3.63) is 0 Å². The summed E-state index contributed by atoms with van der Waals surface area (Å²) in [6.45, 7) is 1.58. The predicted octanol–water partition coefficient (Wildman–Crippen LogP) is 0.943. The van der Waals surface area contributed by atoms with Gasteiger partial charge in [0.2, 0.25) is 10.0 Å². The first-order valence-electron chi connectivity index (χ1n) is 6.30. The lowest BCUT2D eigenvalue weighted by atomic mass is 10.2. The fraction of sp³-hybridized carbons (Fsp3) is 1.00. The molecule has 1 unspecified atom stereocenters. The van der Waals surface area contributed by atoms with E-state index in [9.17, 15) is 8.42 Å². The van der Waals surface area contributed by atoms with Crippen molar-refractivity contribution in [2.45, 2.75) is 49.8 Å². The van der Waals surface area contributed by atoms with E-state index in [1.807, 2.05) is 0 Å². The molecule has 4 nitrogen and oxygen atoms in total. The molecule has 2 fully saturated rings. The molecule has 1 aliphatic heterocycles. The molecule has 1 N–H and O–H groups in total. The fourth-order valence-corrected chi connectivity index (χ4v) is 4.67. The van der Waals surface area contributed by atoms with Gasteiger partial charge in [-0.05, 0) is 32.2 Å². The zero-order valence-electron chi connectivity index (χ0n) is 9.98. The van der Waals surface area contributed by atoms with Gasteiger partial charge < -0.3 is 5.32 Å². The van der Waals surface area contributed by atoms with E-state index in [0.29, 0.717) is 6.54 Å². The Labute approximate surface area is 98.4 Å². The lowest BCUT2D eigenvalue weighted by Gasteiger charge is -2.30. The van der Waals surface area contributed by atoms with Gasteiger partial charge in [-0.2, -0.15) is 0 Å². The first-order chi connectivity index (χ1) is 7.62. The van der Waals surface area contributed by atoms with Gasteiger partial charge >= 0.3 is 0 Å². The summed E-state index contributed by atoms with van der Waals surface area (Å²) in [7, 11) is -1.31. The number of hydrogen-bond acceptors (Lipinski definition) is 3. The summed E-state index contributed by atoms with van der Waals surface area (Å²) in [5.74, 6) is 0. The Hall–Kier alpha value is -0.130. The van der Waals surface area contributed by atoms with Gasteiger partial charge in [0, 0.05) is 19.6 Å². The molecular formula is C11H22N2O2S. The van der Waals surface area contributed by atoms with E-state index in [2.05, 4.69) is 5.32 Å². The lowest BCUT2D eigenvalue weighted by Crippen LogP contribution is -2.47. The molecule has 1 aliphatic carbocycles. The van der Waals surface area contributed by atoms with Crippen molar-refractivity contribution in [3.8, 4) is 0 Å². The lowest BCUT2D eigenvalue weighted by molar-refractivity contribution is 0.359. The SMILES string of the molecule is CN(C1CCCC1)S(=O)(=O)C1CCCNC1. The topological polar surface area (TPSA) is 49.4 Å². The second-order valence-electron chi connectivity index (χ2n) is 4.97. The molecule has 0 aromatic rings. The summed E-state index contributed by atoms with van der Waals surface area (Å²) in [4.78, 5) is 0. The van der Waals surface area contributed by atoms with Crippen LogP contribution in [0, 0.1) is 0 Å². The minimum Gasteiger partial charge on any atom is -0.315 e. The van der Waals surface area contributed by atoms with Crippen LogP contribution in [0.1, 0.15) is 38.5 Å². The van der Waals surface area contributed by atoms with Crippen LogP contribution < -0.4 is 5.32 Å². The van der Waals surface area contributed by atoms with Gasteiger partial charge in [0.25, 0.3) is 0 Å². The van der Waals surface area contributed by atoms with Gasteiger partial charge in [-0.3, -0.25) is 0 Å². The van der Waals surface area contributed by atoms with Crippen LogP contribution in [-0.4, -0.2) is 44.2 Å². The van der Waals surface area contributed by atoms with Crippen molar-refractivity contribution >= 4 is 10.0 Å². The Morgan fingerprint density at radius 3 is 2.38 bits per heavy atom. The molecule has 0 radical (unpaired) electrons. The summed E-state index contributed by atoms with van der Waals surface area (Å²) < 4.78 is 26.4. The predicted molar refractivity (Wildman–Crippen MR) is 64.8 cm³/mol. The van der Waals surface area contributed by atoms with Gasteiger partial charge in [0.05, 0.1) is 5.25 Å². The standard InChI is InChI=1S/C11H22N2O2S/c1-13(10-5-2-3-6-10)16(14,15)11-7-4-8-12-9-11/h10-12H,2-9H2,1H3. The molecule has 0 aromatic heterocycles. The van der Waals surface area contributed by atoms with Crippen molar-refractivity contribution in [1.29, 1.82) is 0 Å². The van der Waals surface area contributed by atoms with Crippen LogP contribution in [-0.2, 0) is 10.0 Å². The van der Waals surface area contributed by atoms with Crippen molar-refractivity contribution in [3.63, 3.8) is 0 Å². The summed E-state index contributed by atoms with van der Waals surface area (Å²) in [6.07, 6.45) is 6.21. The first-order valence-corrected chi connectivity index (χ1v) is 7.80. The van der Waals surface area contributed by atoms with E-state index < -0.39 is 10.0 Å². The molecule has 0 amide bonds. The van der Waals surface area contributed by atoms with E-state index in [0.717, 1.165) is 32.2 Å². The highest BCUT2D eigenvalue weighted by Gasteiger charge is 2.35. The fourth-order valence-electron chi connectivity index (χ4n) is 2.78. The smallest absolute Gasteiger partial charge is 0.218 e. The van der Waals surface area contributed by atoms with E-state index in [-0.39, 0.29) is 11.3 Å². The van der Waals surface area contributed by atoms with Crippen molar-refractivity contribution in [2.75, 3.05) is 20.1 Å². The monoisotopic (exact) mass is 246 g/mol. The number of piperidine rings is 1. The average molecular weight is 246 g/mol. The van der Waals surface area contributed by atoms with E-state index in [1.165, 1.54) is 12.8 Å². The summed E-state index contributed by atoms with van der Waals surface area (Å²) in [5, 5.41) is 2.98. The van der Waals surface area contributed by atoms with Gasteiger partial charge in [0.1, 0.15) is 0 Å². The summed E-state index contributed by atoms with van der Waals surface area (Å²) >= 11 is 0. The molecule has 0 spiro atoms. The van der Waals surface area contributed by atoms with E-state index >= 15 is 0 Å². The third kappa shape index (κ3) is 2.41. The van der Waals surface area contributed by atoms with Crippen LogP contribution in [0.25, 0.3) is 0 Å². The molecule has 94 valence electrons. The Kier molecular flexibility index (Phi) is 3.87. The van der Waals surface area contributed by atoms with Gasteiger partial charge in [-0.1, -0.05) is 12.8 Å². The number of nitrogens with one attached hydrogen (secondary N) is 1. The van der Waals surface area contributed by atoms with Gasteiger partial charge in [-0.15, -0.1) is 0 Å². The molecule has 1 heterocycles. The minimum atomic E-state index is -3.07. The summed E-state index contributed by atoms with van der Waals surface area (Å²) in [5.41, 5.74) is 0. The minimum absolute atomic E-state index is 0.202. The number of hydrogen-bond donors (Lipinski definition) is 1. The molecule has 2 aliphatic rings. The number of sulfonamides is 1. The average Bonchev–Trinajstić information content (AvgIpc) is 2.82. The van der Waals surface area contributed by atoms with Crippen molar-refractivity contribution in [2.24, 2.45) is 0 Å². The third-order valence-electron chi connectivity index (χ3n) is 3.91. The van der Waals surface area contributed by atoms with Gasteiger partial charge in [-0.25, -0.2) is 12.7 Å². The highest BCUT2D eigenvalue weighted by molar-refractivity contribution is 7.89.